The van der Waals surface area contributed by atoms with Gasteiger partial charge in [0.25, 0.3) is 0 Å². The predicted molar refractivity (Wildman–Crippen MR) is 89.9 cm³/mol. The summed E-state index contributed by atoms with van der Waals surface area (Å²) >= 11 is 0. The molecule has 2 aromatic carbocycles. The van der Waals surface area contributed by atoms with Crippen molar-refractivity contribution in [2.24, 2.45) is 0 Å². The number of aryl methyl sites for hydroxylation is 1. The van der Waals surface area contributed by atoms with Gasteiger partial charge in [-0.25, -0.2) is 13.1 Å². The second kappa shape index (κ2) is 8.56. The number of rotatable bonds is 5. The van der Waals surface area contributed by atoms with E-state index in [1.165, 1.54) is 24.7 Å². The maximum Gasteiger partial charge on any atom is 0.240 e. The molecule has 22 heavy (non-hydrogen) atoms. The number of hydrogen-bond donors (Lipinski definition) is 1. The van der Waals surface area contributed by atoms with Crippen molar-refractivity contribution < 1.29 is 13.2 Å². The summed E-state index contributed by atoms with van der Waals surface area (Å²) in [6, 6.07) is 14.1. The van der Waals surface area contributed by atoms with Gasteiger partial charge >= 0.3 is 0 Å². The smallest absolute Gasteiger partial charge is 0.240 e. The molecule has 2 aromatic rings. The van der Waals surface area contributed by atoms with Gasteiger partial charge in [-0.3, -0.25) is 0 Å². The number of nitrogens with one attached hydrogen (secondary N) is 1. The van der Waals surface area contributed by atoms with E-state index >= 15 is 0 Å². The van der Waals surface area contributed by atoms with Gasteiger partial charge in [-0.05, 0) is 55.4 Å². The molecule has 0 fully saturated rings. The van der Waals surface area contributed by atoms with E-state index in [0.717, 1.165) is 12.2 Å². The molecule has 0 aliphatic carbocycles. The fourth-order valence-electron chi connectivity index (χ4n) is 1.73. The molecular formula is C17H23NO3S. The summed E-state index contributed by atoms with van der Waals surface area (Å²) in [5.41, 5.74) is 1.24. The average Bonchev–Trinajstić information content (AvgIpc) is 2.58. The molecule has 120 valence electrons. The second-order valence-electron chi connectivity index (χ2n) is 4.28. The fourth-order valence-corrected chi connectivity index (χ4v) is 2.46. The molecule has 0 aliphatic heterocycles. The zero-order valence-corrected chi connectivity index (χ0v) is 14.3. The summed E-state index contributed by atoms with van der Waals surface area (Å²) in [6.45, 7) is 6.09. The predicted octanol–water partition coefficient (Wildman–Crippen LogP) is 3.98. The summed E-state index contributed by atoms with van der Waals surface area (Å²) in [7, 11) is -2.02. The summed E-state index contributed by atoms with van der Waals surface area (Å²) in [4.78, 5) is 0.216. The quantitative estimate of drug-likeness (QED) is 0.906. The van der Waals surface area contributed by atoms with Crippen LogP contribution < -0.4 is 9.46 Å². The number of benzene rings is 2. The SMILES string of the molecule is CC.CCc1ccc(Oc2ccc(S(=O)(=O)NC)cc2)cc1. The van der Waals surface area contributed by atoms with Gasteiger partial charge in [0.05, 0.1) is 4.90 Å². The molecule has 5 heteroatoms. The molecule has 0 saturated heterocycles. The Morgan fingerprint density at radius 1 is 0.909 bits per heavy atom. The minimum atomic E-state index is -3.40. The van der Waals surface area contributed by atoms with E-state index < -0.39 is 10.0 Å². The Morgan fingerprint density at radius 3 is 1.77 bits per heavy atom. The van der Waals surface area contributed by atoms with Crippen molar-refractivity contribution in [3.8, 4) is 11.5 Å². The molecule has 0 radical (unpaired) electrons. The highest BCUT2D eigenvalue weighted by Crippen LogP contribution is 2.23. The van der Waals surface area contributed by atoms with E-state index in [2.05, 4.69) is 11.6 Å². The van der Waals surface area contributed by atoms with Crippen molar-refractivity contribution in [1.29, 1.82) is 0 Å². The molecule has 0 saturated carbocycles. The van der Waals surface area contributed by atoms with Crippen LogP contribution in [0.25, 0.3) is 0 Å². The highest BCUT2D eigenvalue weighted by atomic mass is 32.2. The van der Waals surface area contributed by atoms with Crippen molar-refractivity contribution >= 4 is 10.0 Å². The summed E-state index contributed by atoms with van der Waals surface area (Å²) in [5, 5.41) is 0. The van der Waals surface area contributed by atoms with E-state index in [-0.39, 0.29) is 4.90 Å². The molecule has 0 atom stereocenters. The van der Waals surface area contributed by atoms with Crippen LogP contribution in [0.1, 0.15) is 26.3 Å². The molecule has 1 N–H and O–H groups in total. The Balaban J connectivity index is 0.00000116. The Labute approximate surface area is 133 Å². The van der Waals surface area contributed by atoms with Gasteiger partial charge in [-0.15, -0.1) is 0 Å². The Hall–Kier alpha value is -1.85. The highest BCUT2D eigenvalue weighted by Gasteiger charge is 2.10. The van der Waals surface area contributed by atoms with Crippen molar-refractivity contribution in [3.63, 3.8) is 0 Å². The highest BCUT2D eigenvalue weighted by molar-refractivity contribution is 7.89. The zero-order valence-electron chi connectivity index (χ0n) is 13.5. The van der Waals surface area contributed by atoms with Gasteiger partial charge in [0.1, 0.15) is 11.5 Å². The zero-order chi connectivity index (χ0) is 16.6. The molecule has 0 heterocycles. The van der Waals surface area contributed by atoms with Crippen molar-refractivity contribution in [3.05, 3.63) is 54.1 Å². The second-order valence-corrected chi connectivity index (χ2v) is 6.17. The minimum absolute atomic E-state index is 0.216. The van der Waals surface area contributed by atoms with Gasteiger partial charge in [-0.1, -0.05) is 32.9 Å². The van der Waals surface area contributed by atoms with Crippen LogP contribution in [0.2, 0.25) is 0 Å². The lowest BCUT2D eigenvalue weighted by atomic mass is 10.2. The first-order valence-corrected chi connectivity index (χ1v) is 8.84. The molecule has 0 aliphatic rings. The molecule has 0 amide bonds. The van der Waals surface area contributed by atoms with Crippen LogP contribution in [0.3, 0.4) is 0 Å². The van der Waals surface area contributed by atoms with E-state index in [4.69, 9.17) is 4.74 Å². The van der Waals surface area contributed by atoms with Crippen LogP contribution in [-0.4, -0.2) is 15.5 Å². The summed E-state index contributed by atoms with van der Waals surface area (Å²) < 4.78 is 31.1. The fraction of sp³-hybridized carbons (Fsp3) is 0.294. The van der Waals surface area contributed by atoms with Crippen LogP contribution in [0, 0.1) is 0 Å². The molecular weight excluding hydrogens is 298 g/mol. The normalized spacial score (nSPS) is 10.5. The Morgan fingerprint density at radius 2 is 1.36 bits per heavy atom. The lowest BCUT2D eigenvalue weighted by molar-refractivity contribution is 0.482. The topological polar surface area (TPSA) is 55.4 Å². The van der Waals surface area contributed by atoms with E-state index in [0.29, 0.717) is 5.75 Å². The van der Waals surface area contributed by atoms with Gasteiger partial charge in [0.2, 0.25) is 10.0 Å². The number of ether oxygens (including phenoxy) is 1. The number of hydrogen-bond acceptors (Lipinski definition) is 3. The van der Waals surface area contributed by atoms with Crippen molar-refractivity contribution in [1.82, 2.24) is 4.72 Å². The van der Waals surface area contributed by atoms with Gasteiger partial charge in [0.15, 0.2) is 0 Å². The first kappa shape index (κ1) is 18.2. The van der Waals surface area contributed by atoms with Crippen LogP contribution in [-0.2, 0) is 16.4 Å². The largest absolute Gasteiger partial charge is 0.457 e. The lowest BCUT2D eigenvalue weighted by Gasteiger charge is -2.07. The van der Waals surface area contributed by atoms with Crippen molar-refractivity contribution in [2.45, 2.75) is 32.1 Å². The maximum atomic E-state index is 11.6. The van der Waals surface area contributed by atoms with Crippen LogP contribution in [0.5, 0.6) is 11.5 Å². The van der Waals surface area contributed by atoms with Crippen LogP contribution >= 0.6 is 0 Å². The van der Waals surface area contributed by atoms with Gasteiger partial charge in [-0.2, -0.15) is 0 Å². The molecule has 0 unspecified atom stereocenters. The Bertz CT molecular complexity index is 662. The molecule has 0 aromatic heterocycles. The first-order chi connectivity index (χ1) is 10.5. The molecule has 0 bridgehead atoms. The lowest BCUT2D eigenvalue weighted by Crippen LogP contribution is -2.18. The third kappa shape index (κ3) is 4.86. The molecule has 2 rings (SSSR count). The summed E-state index contributed by atoms with van der Waals surface area (Å²) in [5.74, 6) is 1.33. The first-order valence-electron chi connectivity index (χ1n) is 7.35. The third-order valence-electron chi connectivity index (χ3n) is 2.97. The van der Waals surface area contributed by atoms with Gasteiger partial charge < -0.3 is 4.74 Å². The van der Waals surface area contributed by atoms with E-state index in [1.54, 1.807) is 12.1 Å². The van der Waals surface area contributed by atoms with Crippen LogP contribution in [0.15, 0.2) is 53.4 Å². The average molecular weight is 321 g/mol. The standard InChI is InChI=1S/C15H17NO3S.C2H6/c1-3-12-4-6-13(7-5-12)19-14-8-10-15(11-9-14)20(17,18)16-2;1-2/h4-11,16H,3H2,1-2H3;1-2H3. The summed E-state index contributed by atoms with van der Waals surface area (Å²) in [6.07, 6.45) is 0.983. The minimum Gasteiger partial charge on any atom is -0.457 e. The molecule has 0 spiro atoms. The van der Waals surface area contributed by atoms with E-state index in [1.807, 2.05) is 38.1 Å². The molecule has 4 nitrogen and oxygen atoms in total. The maximum absolute atomic E-state index is 11.6. The Kier molecular flexibility index (Phi) is 7.08. The third-order valence-corrected chi connectivity index (χ3v) is 4.40. The van der Waals surface area contributed by atoms with Crippen LogP contribution in [0.4, 0.5) is 0 Å². The van der Waals surface area contributed by atoms with E-state index in [9.17, 15) is 8.42 Å². The van der Waals surface area contributed by atoms with Crippen molar-refractivity contribution in [2.75, 3.05) is 7.05 Å². The monoisotopic (exact) mass is 321 g/mol. The van der Waals surface area contributed by atoms with Gasteiger partial charge in [0, 0.05) is 0 Å². The number of sulfonamides is 1.